The van der Waals surface area contributed by atoms with Crippen LogP contribution in [0.1, 0.15) is 61.1 Å². The van der Waals surface area contributed by atoms with Gasteiger partial charge in [0, 0.05) is 17.2 Å². The van der Waals surface area contributed by atoms with Crippen LogP contribution in [0.4, 0.5) is 5.69 Å². The van der Waals surface area contributed by atoms with Gasteiger partial charge in [0.25, 0.3) is 5.91 Å². The number of rotatable bonds is 8. The second kappa shape index (κ2) is 9.77. The van der Waals surface area contributed by atoms with E-state index in [1.807, 2.05) is 64.1 Å². The summed E-state index contributed by atoms with van der Waals surface area (Å²) in [5.41, 5.74) is 3.28. The second-order valence-corrected chi connectivity index (χ2v) is 8.68. The first-order valence-electron chi connectivity index (χ1n) is 10.8. The number of hydrogen-bond acceptors (Lipinski definition) is 3. The maximum absolute atomic E-state index is 12.9. The molecule has 2 atom stereocenters. The second-order valence-electron chi connectivity index (χ2n) is 8.68. The molecule has 2 unspecified atom stereocenters. The fourth-order valence-electron chi connectivity index (χ4n) is 3.30. The summed E-state index contributed by atoms with van der Waals surface area (Å²) in [7, 11) is 0. The predicted molar refractivity (Wildman–Crippen MR) is 122 cm³/mol. The third-order valence-corrected chi connectivity index (χ3v) is 5.53. The van der Waals surface area contributed by atoms with Crippen LogP contribution in [0.25, 0.3) is 0 Å². The third kappa shape index (κ3) is 6.17. The number of aryl methyl sites for hydroxylation is 1. The first kappa shape index (κ1) is 22.5. The molecule has 2 aromatic rings. The summed E-state index contributed by atoms with van der Waals surface area (Å²) in [6.45, 7) is 7.67. The molecule has 3 rings (SSSR count). The van der Waals surface area contributed by atoms with Crippen molar-refractivity contribution in [3.63, 3.8) is 0 Å². The number of nitrogens with one attached hydrogen (secondary N) is 3. The van der Waals surface area contributed by atoms with Crippen LogP contribution in [0, 0.1) is 18.8 Å². The van der Waals surface area contributed by atoms with Crippen molar-refractivity contribution in [2.45, 2.75) is 52.6 Å². The lowest BCUT2D eigenvalue weighted by Crippen LogP contribution is -2.50. The first-order valence-corrected chi connectivity index (χ1v) is 10.8. The van der Waals surface area contributed by atoms with E-state index in [1.54, 1.807) is 12.1 Å². The molecule has 1 fully saturated rings. The molecule has 0 heterocycles. The van der Waals surface area contributed by atoms with Gasteiger partial charge in [0.1, 0.15) is 6.04 Å². The van der Waals surface area contributed by atoms with Crippen LogP contribution in [0.3, 0.4) is 0 Å². The molecule has 0 saturated heterocycles. The Labute approximate surface area is 183 Å². The van der Waals surface area contributed by atoms with Gasteiger partial charge in [-0.2, -0.15) is 0 Å². The van der Waals surface area contributed by atoms with Gasteiger partial charge in [0.05, 0.1) is 6.04 Å². The molecule has 1 aliphatic rings. The average molecular weight is 422 g/mol. The highest BCUT2D eigenvalue weighted by molar-refractivity contribution is 5.97. The van der Waals surface area contributed by atoms with Crippen molar-refractivity contribution >= 4 is 23.4 Å². The van der Waals surface area contributed by atoms with Gasteiger partial charge in [-0.25, -0.2) is 0 Å². The molecule has 164 valence electrons. The normalized spacial score (nSPS) is 15.1. The summed E-state index contributed by atoms with van der Waals surface area (Å²) < 4.78 is 0. The highest BCUT2D eigenvalue weighted by atomic mass is 16.2. The Kier molecular flexibility index (Phi) is 7.10. The molecule has 3 N–H and O–H groups in total. The SMILES string of the molecule is Cc1ccc(C(=O)NC(C(=O)NC(C)c2ccc(NC(=O)C3CC3)cc2)C(C)C)cc1. The van der Waals surface area contributed by atoms with E-state index in [-0.39, 0.29) is 35.6 Å². The zero-order valence-corrected chi connectivity index (χ0v) is 18.6. The van der Waals surface area contributed by atoms with Gasteiger partial charge in [0.2, 0.25) is 11.8 Å². The summed E-state index contributed by atoms with van der Waals surface area (Å²) in [5, 5.41) is 8.76. The van der Waals surface area contributed by atoms with Crippen molar-refractivity contribution in [3.05, 3.63) is 65.2 Å². The Bertz CT molecular complexity index is 931. The molecule has 0 aliphatic heterocycles. The largest absolute Gasteiger partial charge is 0.348 e. The van der Waals surface area contributed by atoms with Crippen LogP contribution in [-0.4, -0.2) is 23.8 Å². The lowest BCUT2D eigenvalue weighted by Gasteiger charge is -2.24. The summed E-state index contributed by atoms with van der Waals surface area (Å²) >= 11 is 0. The standard InChI is InChI=1S/C25H31N3O3/c1-15(2)22(28-24(30)19-7-5-16(3)6-8-19)25(31)26-17(4)18-11-13-21(14-12-18)27-23(29)20-9-10-20/h5-8,11-15,17,20,22H,9-10H2,1-4H3,(H,26,31)(H,27,29)(H,28,30). The van der Waals surface area contributed by atoms with Gasteiger partial charge in [-0.05, 0) is 62.4 Å². The molecule has 3 amide bonds. The van der Waals surface area contributed by atoms with Gasteiger partial charge in [-0.15, -0.1) is 0 Å². The maximum atomic E-state index is 12.9. The van der Waals surface area contributed by atoms with Gasteiger partial charge in [-0.3, -0.25) is 14.4 Å². The van der Waals surface area contributed by atoms with Crippen molar-refractivity contribution in [1.82, 2.24) is 10.6 Å². The van der Waals surface area contributed by atoms with Crippen molar-refractivity contribution in [2.24, 2.45) is 11.8 Å². The molecule has 0 spiro atoms. The van der Waals surface area contributed by atoms with Gasteiger partial charge < -0.3 is 16.0 Å². The number of benzene rings is 2. The highest BCUT2D eigenvalue weighted by Gasteiger charge is 2.29. The molecule has 6 nitrogen and oxygen atoms in total. The number of carbonyl (C=O) groups is 3. The molecule has 1 saturated carbocycles. The Balaban J connectivity index is 1.59. The maximum Gasteiger partial charge on any atom is 0.251 e. The first-order chi connectivity index (χ1) is 14.7. The van der Waals surface area contributed by atoms with Crippen LogP contribution in [0.5, 0.6) is 0 Å². The van der Waals surface area contributed by atoms with E-state index >= 15 is 0 Å². The summed E-state index contributed by atoms with van der Waals surface area (Å²) in [6.07, 6.45) is 1.93. The van der Waals surface area contributed by atoms with Crippen molar-refractivity contribution < 1.29 is 14.4 Å². The Hall–Kier alpha value is -3.15. The molecule has 0 bridgehead atoms. The van der Waals surface area contributed by atoms with E-state index in [0.29, 0.717) is 5.56 Å². The number of carbonyl (C=O) groups excluding carboxylic acids is 3. The highest BCUT2D eigenvalue weighted by Crippen LogP contribution is 2.30. The molecule has 0 radical (unpaired) electrons. The van der Waals surface area contributed by atoms with E-state index in [0.717, 1.165) is 29.7 Å². The number of amides is 3. The Morgan fingerprint density at radius 2 is 1.48 bits per heavy atom. The monoisotopic (exact) mass is 421 g/mol. The lowest BCUT2D eigenvalue weighted by molar-refractivity contribution is -0.124. The summed E-state index contributed by atoms with van der Waals surface area (Å²) in [4.78, 5) is 37.4. The third-order valence-electron chi connectivity index (χ3n) is 5.53. The number of anilines is 1. The van der Waals surface area contributed by atoms with Crippen LogP contribution in [0.15, 0.2) is 48.5 Å². The van der Waals surface area contributed by atoms with Crippen molar-refractivity contribution in [1.29, 1.82) is 0 Å². The minimum Gasteiger partial charge on any atom is -0.348 e. The van der Waals surface area contributed by atoms with E-state index < -0.39 is 6.04 Å². The fraction of sp³-hybridized carbons (Fsp3) is 0.400. The smallest absolute Gasteiger partial charge is 0.251 e. The van der Waals surface area contributed by atoms with Crippen LogP contribution >= 0.6 is 0 Å². The molecule has 6 heteroatoms. The molecular formula is C25H31N3O3. The predicted octanol–water partition coefficient (Wildman–Crippen LogP) is 3.98. The van der Waals surface area contributed by atoms with Gasteiger partial charge >= 0.3 is 0 Å². The van der Waals surface area contributed by atoms with Crippen molar-refractivity contribution in [2.75, 3.05) is 5.32 Å². The van der Waals surface area contributed by atoms with E-state index in [9.17, 15) is 14.4 Å². The Morgan fingerprint density at radius 3 is 2.03 bits per heavy atom. The van der Waals surface area contributed by atoms with Gasteiger partial charge in [0.15, 0.2) is 0 Å². The Morgan fingerprint density at radius 1 is 0.871 bits per heavy atom. The molecular weight excluding hydrogens is 390 g/mol. The zero-order valence-electron chi connectivity index (χ0n) is 18.6. The minimum absolute atomic E-state index is 0.0678. The minimum atomic E-state index is -0.645. The topological polar surface area (TPSA) is 87.3 Å². The quantitative estimate of drug-likeness (QED) is 0.603. The average Bonchev–Trinajstić information content (AvgIpc) is 3.58. The molecule has 1 aliphatic carbocycles. The molecule has 0 aromatic heterocycles. The van der Waals surface area contributed by atoms with Crippen molar-refractivity contribution in [3.8, 4) is 0 Å². The summed E-state index contributed by atoms with van der Waals surface area (Å²) in [6, 6.07) is 13.8. The van der Waals surface area contributed by atoms with E-state index in [4.69, 9.17) is 0 Å². The molecule has 2 aromatic carbocycles. The zero-order chi connectivity index (χ0) is 22.5. The fourth-order valence-corrected chi connectivity index (χ4v) is 3.30. The lowest BCUT2D eigenvalue weighted by atomic mass is 10.0. The number of hydrogen-bond donors (Lipinski definition) is 3. The molecule has 31 heavy (non-hydrogen) atoms. The van der Waals surface area contributed by atoms with Crippen LogP contribution < -0.4 is 16.0 Å². The van der Waals surface area contributed by atoms with Crippen LogP contribution in [0.2, 0.25) is 0 Å². The van der Waals surface area contributed by atoms with Crippen LogP contribution in [-0.2, 0) is 9.59 Å². The van der Waals surface area contributed by atoms with E-state index in [2.05, 4.69) is 16.0 Å². The summed E-state index contributed by atoms with van der Waals surface area (Å²) in [5.74, 6) is -0.341. The van der Waals surface area contributed by atoms with Gasteiger partial charge in [-0.1, -0.05) is 43.7 Å². The van der Waals surface area contributed by atoms with E-state index in [1.165, 1.54) is 0 Å².